The number of rotatable bonds is 8. The molecule has 0 saturated carbocycles. The number of benzene rings is 4. The molecule has 292 valence electrons. The third-order valence-electron chi connectivity index (χ3n) is 9.56. The van der Waals surface area contributed by atoms with Gasteiger partial charge in [-0.2, -0.15) is 0 Å². The van der Waals surface area contributed by atoms with Crippen LogP contribution in [0.15, 0.2) is 127 Å². The van der Waals surface area contributed by atoms with Gasteiger partial charge in [-0.1, -0.05) is 103 Å². The van der Waals surface area contributed by atoms with E-state index >= 15 is 0 Å². The van der Waals surface area contributed by atoms with Gasteiger partial charge in [0.1, 0.15) is 24.2 Å². The summed E-state index contributed by atoms with van der Waals surface area (Å²) < 4.78 is 0. The Kier molecular flexibility index (Phi) is 13.6. The van der Waals surface area contributed by atoms with Crippen molar-refractivity contribution >= 4 is 52.5 Å². The van der Waals surface area contributed by atoms with Crippen molar-refractivity contribution in [3.63, 3.8) is 0 Å². The van der Waals surface area contributed by atoms with Gasteiger partial charge in [0.15, 0.2) is 0 Å². The molecule has 3 heterocycles. The smallest absolute Gasteiger partial charge is 0.326 e. The maximum Gasteiger partial charge on any atom is 0.326 e. The molecule has 4 aromatic carbocycles. The average Bonchev–Trinajstić information content (AvgIpc) is 3.73. The lowest BCUT2D eigenvalue weighted by Crippen LogP contribution is -2.59. The number of anilines is 1. The van der Waals surface area contributed by atoms with Gasteiger partial charge in [-0.05, 0) is 51.4 Å². The largest absolute Gasteiger partial charge is 0.480 e. The van der Waals surface area contributed by atoms with Crippen molar-refractivity contribution in [3.05, 3.63) is 148 Å². The summed E-state index contributed by atoms with van der Waals surface area (Å²) in [6.07, 6.45) is -0.261. The van der Waals surface area contributed by atoms with E-state index in [2.05, 4.69) is 26.6 Å². The molecule has 5 amide bonds. The van der Waals surface area contributed by atoms with E-state index < -0.39 is 59.7 Å². The molecular weight excluding hydrogens is 743 g/mol. The summed E-state index contributed by atoms with van der Waals surface area (Å²) in [5.74, 6) is -4.28. The van der Waals surface area contributed by atoms with Gasteiger partial charge in [-0.25, -0.2) is 4.79 Å². The van der Waals surface area contributed by atoms with Crippen molar-refractivity contribution in [2.45, 2.75) is 62.7 Å². The van der Waals surface area contributed by atoms with Gasteiger partial charge in [0.2, 0.25) is 29.5 Å². The minimum atomic E-state index is -1.35. The third-order valence-corrected chi connectivity index (χ3v) is 10.5. The predicted octanol–water partition coefficient (Wildman–Crippen LogP) is 4.44. The van der Waals surface area contributed by atoms with E-state index in [4.69, 9.17) is 0 Å². The van der Waals surface area contributed by atoms with Crippen molar-refractivity contribution < 1.29 is 33.9 Å². The SMILES string of the molecule is O=C1CCC(=O)N[C@@H](Cc2cccs2)C(=O)N[C@H](Cc2ccc(-c3ccccc3)cc2)C(=O)N[C@@H](Cc2ccccc2)C(=O)N[C@@H](C(=O)O)Cc2ccc(cc2)N1. The number of hydrogen-bond donors (Lipinski definition) is 6. The second kappa shape index (κ2) is 19.3. The molecule has 4 atom stereocenters. The standard InChI is InChI=1S/C44H43N5O7S/c50-39-21-22-40(51)46-37(27-34-12-7-23-57-34)43(54)48-36(25-29-13-17-32(18-14-29)31-10-5-2-6-11-31)41(52)47-35(24-28-8-3-1-4-9-28)42(53)49-38(44(55)56)26-30-15-19-33(45-39)20-16-30/h1-20,23,35-38H,21-22,24-27H2,(H,45,50)(H,46,51)(H,47,52)(H,48,54)(H,49,53)(H,55,56)/t35-,36+,37-,38+/m0/s1. The molecule has 0 spiro atoms. The highest BCUT2D eigenvalue weighted by Crippen LogP contribution is 2.21. The number of fused-ring (bicyclic) bond motifs is 18. The average molecular weight is 786 g/mol. The van der Waals surface area contributed by atoms with E-state index in [1.165, 1.54) is 11.3 Å². The molecule has 0 aliphatic carbocycles. The normalized spacial score (nSPS) is 19.9. The summed E-state index contributed by atoms with van der Waals surface area (Å²) in [5, 5.41) is 25.7. The molecule has 0 radical (unpaired) electrons. The zero-order valence-electron chi connectivity index (χ0n) is 31.0. The Morgan fingerprint density at radius 3 is 1.70 bits per heavy atom. The van der Waals surface area contributed by atoms with Crippen LogP contribution in [0.4, 0.5) is 5.69 Å². The molecule has 2 aliphatic rings. The first kappa shape index (κ1) is 40.1. The van der Waals surface area contributed by atoms with E-state index in [1.54, 1.807) is 48.5 Å². The Hall–Kier alpha value is -6.60. The summed E-state index contributed by atoms with van der Waals surface area (Å²) in [5.41, 5.74) is 4.40. The molecule has 12 nitrogen and oxygen atoms in total. The van der Waals surface area contributed by atoms with Crippen molar-refractivity contribution in [2.24, 2.45) is 0 Å². The topological polar surface area (TPSA) is 183 Å². The van der Waals surface area contributed by atoms with E-state index in [1.807, 2.05) is 78.2 Å². The van der Waals surface area contributed by atoms with Crippen LogP contribution >= 0.6 is 11.3 Å². The van der Waals surface area contributed by atoms with Crippen LogP contribution in [-0.2, 0) is 54.5 Å². The van der Waals surface area contributed by atoms with Crippen LogP contribution in [-0.4, -0.2) is 64.8 Å². The molecule has 2 bridgehead atoms. The second-order valence-corrected chi connectivity index (χ2v) is 14.9. The lowest BCUT2D eigenvalue weighted by atomic mass is 9.99. The van der Waals surface area contributed by atoms with Crippen LogP contribution in [0, 0.1) is 0 Å². The summed E-state index contributed by atoms with van der Waals surface area (Å²) in [7, 11) is 0. The number of nitrogens with one attached hydrogen (secondary N) is 5. The molecule has 0 saturated heterocycles. The molecular formula is C44H43N5O7S. The van der Waals surface area contributed by atoms with Crippen molar-refractivity contribution in [2.75, 3.05) is 5.32 Å². The number of carbonyl (C=O) groups excluding carboxylic acids is 5. The highest BCUT2D eigenvalue weighted by Gasteiger charge is 2.32. The molecule has 13 heteroatoms. The van der Waals surface area contributed by atoms with Gasteiger partial charge in [0.05, 0.1) is 0 Å². The number of carboxylic acid groups (broad SMARTS) is 1. The zero-order valence-corrected chi connectivity index (χ0v) is 31.8. The van der Waals surface area contributed by atoms with Crippen molar-refractivity contribution in [3.8, 4) is 11.1 Å². The number of amides is 5. The first-order valence-corrected chi connectivity index (χ1v) is 19.5. The highest BCUT2D eigenvalue weighted by molar-refractivity contribution is 7.09. The fourth-order valence-corrected chi connectivity index (χ4v) is 7.25. The Morgan fingerprint density at radius 1 is 0.561 bits per heavy atom. The lowest BCUT2D eigenvalue weighted by molar-refractivity contribution is -0.142. The Labute approximate surface area is 334 Å². The number of carboxylic acids is 1. The van der Waals surface area contributed by atoms with Crippen molar-refractivity contribution in [1.29, 1.82) is 0 Å². The predicted molar refractivity (Wildman–Crippen MR) is 217 cm³/mol. The van der Waals surface area contributed by atoms with Gasteiger partial charge in [0, 0.05) is 49.1 Å². The number of hydrogen-bond acceptors (Lipinski definition) is 7. The van der Waals surface area contributed by atoms with Crippen LogP contribution in [0.2, 0.25) is 0 Å². The van der Waals surface area contributed by atoms with Crippen LogP contribution in [0.5, 0.6) is 0 Å². The summed E-state index contributed by atoms with van der Waals surface area (Å²) in [6, 6.07) is 31.5. The minimum absolute atomic E-state index is 0.0275. The van der Waals surface area contributed by atoms with Crippen LogP contribution in [0.1, 0.15) is 34.4 Å². The van der Waals surface area contributed by atoms with Crippen molar-refractivity contribution in [1.82, 2.24) is 21.3 Å². The van der Waals surface area contributed by atoms with Crippen LogP contribution in [0.25, 0.3) is 11.1 Å². The first-order chi connectivity index (χ1) is 27.6. The molecule has 6 N–H and O–H groups in total. The highest BCUT2D eigenvalue weighted by atomic mass is 32.1. The van der Waals surface area contributed by atoms with Gasteiger partial charge in [-0.15, -0.1) is 11.3 Å². The molecule has 7 rings (SSSR count). The van der Waals surface area contributed by atoms with Crippen LogP contribution < -0.4 is 26.6 Å². The van der Waals surface area contributed by atoms with Crippen LogP contribution in [0.3, 0.4) is 0 Å². The van der Waals surface area contributed by atoms with E-state index in [-0.39, 0.29) is 38.5 Å². The molecule has 0 unspecified atom stereocenters. The van der Waals surface area contributed by atoms with Gasteiger partial charge >= 0.3 is 5.97 Å². The minimum Gasteiger partial charge on any atom is -0.480 e. The third kappa shape index (κ3) is 11.7. The molecule has 1 aromatic heterocycles. The van der Waals surface area contributed by atoms with E-state index in [9.17, 15) is 33.9 Å². The molecule has 57 heavy (non-hydrogen) atoms. The monoisotopic (exact) mass is 785 g/mol. The summed E-state index contributed by atoms with van der Waals surface area (Å²) >= 11 is 1.41. The molecule has 0 fully saturated rings. The van der Waals surface area contributed by atoms with E-state index in [0.29, 0.717) is 22.4 Å². The number of thiophene rings is 1. The quantitative estimate of drug-likeness (QED) is 0.126. The Balaban J connectivity index is 1.34. The van der Waals surface area contributed by atoms with Gasteiger partial charge in [0.25, 0.3) is 0 Å². The van der Waals surface area contributed by atoms with Gasteiger partial charge in [-0.3, -0.25) is 24.0 Å². The van der Waals surface area contributed by atoms with E-state index in [0.717, 1.165) is 16.0 Å². The number of carbonyl (C=O) groups is 6. The maximum atomic E-state index is 14.4. The van der Waals surface area contributed by atoms with Gasteiger partial charge < -0.3 is 31.7 Å². The zero-order chi connectivity index (χ0) is 40.1. The summed E-state index contributed by atoms with van der Waals surface area (Å²) in [6.45, 7) is 0. The maximum absolute atomic E-state index is 14.4. The first-order valence-electron chi connectivity index (χ1n) is 18.6. The Bertz CT molecular complexity index is 2160. The number of aliphatic carboxylic acids is 1. The molecule has 5 aromatic rings. The second-order valence-electron chi connectivity index (χ2n) is 13.8. The fourth-order valence-electron chi connectivity index (χ4n) is 6.50. The fraction of sp³-hybridized carbons (Fsp3) is 0.227. The lowest BCUT2D eigenvalue weighted by Gasteiger charge is -2.26. The Morgan fingerprint density at radius 2 is 1.11 bits per heavy atom. The molecule has 2 aliphatic heterocycles. The summed E-state index contributed by atoms with van der Waals surface area (Å²) in [4.78, 5) is 81.8.